The molecule has 0 spiro atoms. The maximum atomic E-state index is 13.7. The van der Waals surface area contributed by atoms with Crippen molar-refractivity contribution in [1.82, 2.24) is 29.5 Å². The number of aryl methyl sites for hydroxylation is 1. The van der Waals surface area contributed by atoms with E-state index in [-0.39, 0.29) is 11.5 Å². The Balaban J connectivity index is 0.000000282. The molecule has 10 heteroatoms. The van der Waals surface area contributed by atoms with Crippen molar-refractivity contribution in [2.45, 2.75) is 26.7 Å². The number of nitrogens with zero attached hydrogens (tertiary/aromatic N) is 5. The van der Waals surface area contributed by atoms with Gasteiger partial charge in [-0.3, -0.25) is 9.36 Å². The number of aromatic amines is 1. The summed E-state index contributed by atoms with van der Waals surface area (Å²) >= 11 is 0. The average Bonchev–Trinajstić information content (AvgIpc) is 3.49. The second-order valence-electron chi connectivity index (χ2n) is 9.11. The maximum absolute atomic E-state index is 13.7. The lowest BCUT2D eigenvalue weighted by molar-refractivity contribution is 0.0526. The number of hydrogen-bond acceptors (Lipinski definition) is 8. The summed E-state index contributed by atoms with van der Waals surface area (Å²) < 4.78 is 6.77. The number of aromatic nitrogens is 6. The Bertz CT molecular complexity index is 1860. The number of carbonyl (C=O) groups excluding carboxylic acids is 1. The summed E-state index contributed by atoms with van der Waals surface area (Å²) in [6, 6.07) is 22.4. The van der Waals surface area contributed by atoms with Gasteiger partial charge in [-0.25, -0.2) is 24.7 Å². The molecule has 0 saturated carbocycles. The van der Waals surface area contributed by atoms with Crippen molar-refractivity contribution >= 4 is 33.9 Å². The van der Waals surface area contributed by atoms with Crippen LogP contribution in [0.5, 0.6) is 0 Å². The molecule has 0 atom stereocenters. The summed E-state index contributed by atoms with van der Waals surface area (Å²) in [6.45, 7) is 4.18. The number of esters is 1. The summed E-state index contributed by atoms with van der Waals surface area (Å²) in [5, 5.41) is 0.565. The number of para-hydroxylation sites is 1. The smallest absolute Gasteiger partial charge is 0.338 e. The number of benzene rings is 3. The Morgan fingerprint density at radius 3 is 2.44 bits per heavy atom. The minimum absolute atomic E-state index is 0.0929. The van der Waals surface area contributed by atoms with Gasteiger partial charge in [-0.15, -0.1) is 0 Å². The van der Waals surface area contributed by atoms with Crippen LogP contribution in [0.1, 0.15) is 36.5 Å². The predicted octanol–water partition coefficient (Wildman–Crippen LogP) is 5.12. The first-order valence-electron chi connectivity index (χ1n) is 13.3. The summed E-state index contributed by atoms with van der Waals surface area (Å²) in [4.78, 5) is 44.9. The molecule has 10 nitrogen and oxygen atoms in total. The van der Waals surface area contributed by atoms with Gasteiger partial charge in [-0.1, -0.05) is 49.4 Å². The number of imidazole rings is 1. The fourth-order valence-corrected chi connectivity index (χ4v) is 4.54. The van der Waals surface area contributed by atoms with E-state index in [1.807, 2.05) is 60.7 Å². The van der Waals surface area contributed by atoms with Crippen molar-refractivity contribution in [3.05, 3.63) is 107 Å². The topological polar surface area (TPSA) is 142 Å². The highest BCUT2D eigenvalue weighted by Gasteiger charge is 2.16. The molecule has 0 aliphatic carbocycles. The summed E-state index contributed by atoms with van der Waals surface area (Å²) in [5.41, 5.74) is 10.3. The molecule has 6 aromatic rings. The first kappa shape index (κ1) is 27.2. The lowest BCUT2D eigenvalue weighted by Gasteiger charge is -2.15. The number of H-pyrrole nitrogens is 1. The van der Waals surface area contributed by atoms with E-state index in [1.54, 1.807) is 23.6 Å². The Morgan fingerprint density at radius 2 is 1.73 bits per heavy atom. The van der Waals surface area contributed by atoms with Crippen molar-refractivity contribution in [3.63, 3.8) is 0 Å². The van der Waals surface area contributed by atoms with Crippen LogP contribution in [0.15, 0.2) is 90.2 Å². The van der Waals surface area contributed by atoms with Gasteiger partial charge in [0.1, 0.15) is 17.7 Å². The molecule has 3 heterocycles. The predicted molar refractivity (Wildman–Crippen MR) is 159 cm³/mol. The molecule has 3 N–H and O–H groups in total. The highest BCUT2D eigenvalue weighted by Crippen LogP contribution is 2.27. The largest absolute Gasteiger partial charge is 0.462 e. The Morgan fingerprint density at radius 1 is 0.951 bits per heavy atom. The average molecular weight is 548 g/mol. The van der Waals surface area contributed by atoms with Crippen LogP contribution in [0.4, 0.5) is 5.82 Å². The van der Waals surface area contributed by atoms with Crippen LogP contribution in [0, 0.1) is 0 Å². The van der Waals surface area contributed by atoms with Gasteiger partial charge in [0.05, 0.1) is 35.1 Å². The van der Waals surface area contributed by atoms with Crippen molar-refractivity contribution in [3.8, 4) is 16.8 Å². The molecule has 0 bridgehead atoms. The van der Waals surface area contributed by atoms with Crippen LogP contribution in [0.25, 0.3) is 38.9 Å². The van der Waals surface area contributed by atoms with Gasteiger partial charge in [0.15, 0.2) is 11.5 Å². The summed E-state index contributed by atoms with van der Waals surface area (Å²) in [6.07, 6.45) is 4.52. The molecule has 3 aromatic carbocycles. The molecule has 41 heavy (non-hydrogen) atoms. The van der Waals surface area contributed by atoms with Crippen LogP contribution >= 0.6 is 0 Å². The minimum atomic E-state index is -0.357. The second kappa shape index (κ2) is 12.2. The summed E-state index contributed by atoms with van der Waals surface area (Å²) in [7, 11) is 0. The second-order valence-corrected chi connectivity index (χ2v) is 9.11. The Labute approximate surface area is 235 Å². The minimum Gasteiger partial charge on any atom is -0.462 e. The van der Waals surface area contributed by atoms with Gasteiger partial charge in [-0.2, -0.15) is 0 Å². The van der Waals surface area contributed by atoms with Crippen LogP contribution in [0.3, 0.4) is 0 Å². The molecule has 0 aliphatic heterocycles. The molecule has 206 valence electrons. The zero-order valence-electron chi connectivity index (χ0n) is 22.7. The number of nitrogens with one attached hydrogen (secondary N) is 1. The van der Waals surface area contributed by atoms with Crippen LogP contribution in [0.2, 0.25) is 0 Å². The molecule has 0 aliphatic rings. The molecular formula is C31H29N7O3. The number of nitrogens with two attached hydrogens (primary N) is 1. The third kappa shape index (κ3) is 5.67. The van der Waals surface area contributed by atoms with Gasteiger partial charge in [0, 0.05) is 6.42 Å². The van der Waals surface area contributed by atoms with Crippen LogP contribution in [-0.4, -0.2) is 42.1 Å². The van der Waals surface area contributed by atoms with E-state index in [9.17, 15) is 9.59 Å². The van der Waals surface area contributed by atoms with Crippen LogP contribution in [-0.2, 0) is 11.2 Å². The fourth-order valence-electron chi connectivity index (χ4n) is 4.54. The van der Waals surface area contributed by atoms with E-state index in [4.69, 9.17) is 15.5 Å². The fraction of sp³-hybridized carbons (Fsp3) is 0.161. The van der Waals surface area contributed by atoms with Crippen molar-refractivity contribution in [2.75, 3.05) is 12.3 Å². The lowest BCUT2D eigenvalue weighted by Crippen LogP contribution is -2.24. The molecule has 0 fully saturated rings. The highest BCUT2D eigenvalue weighted by atomic mass is 16.5. The number of ether oxygens (including phenoxy) is 1. The van der Waals surface area contributed by atoms with Crippen molar-refractivity contribution < 1.29 is 9.53 Å². The van der Waals surface area contributed by atoms with E-state index in [0.29, 0.717) is 46.5 Å². The van der Waals surface area contributed by atoms with Crippen molar-refractivity contribution in [1.29, 1.82) is 0 Å². The lowest BCUT2D eigenvalue weighted by atomic mass is 10.00. The molecule has 6 rings (SSSR count). The van der Waals surface area contributed by atoms with Gasteiger partial charge in [0.25, 0.3) is 5.56 Å². The Hall–Kier alpha value is -5.38. The highest BCUT2D eigenvalue weighted by molar-refractivity contribution is 5.95. The normalized spacial score (nSPS) is 10.8. The van der Waals surface area contributed by atoms with Crippen LogP contribution < -0.4 is 11.3 Å². The molecule has 0 saturated heterocycles. The first-order chi connectivity index (χ1) is 20.0. The van der Waals surface area contributed by atoms with E-state index >= 15 is 0 Å². The number of carbonyl (C=O) groups is 1. The molecular weight excluding hydrogens is 518 g/mol. The molecule has 0 radical (unpaired) electrons. The number of anilines is 1. The molecule has 3 aromatic heterocycles. The van der Waals surface area contributed by atoms with Gasteiger partial charge >= 0.3 is 5.97 Å². The zero-order chi connectivity index (χ0) is 28.8. The third-order valence-corrected chi connectivity index (χ3v) is 6.41. The Kier molecular flexibility index (Phi) is 8.10. The summed E-state index contributed by atoms with van der Waals surface area (Å²) in [5.74, 6) is 0.827. The van der Waals surface area contributed by atoms with E-state index < -0.39 is 0 Å². The molecule has 0 unspecified atom stereocenters. The number of fused-ring (bicyclic) bond motifs is 2. The molecule has 0 amide bonds. The standard InChI is InChI=1S/C26H24N2O3.C5H5N5/c1-3-9-23-27-22-13-8-12-21(18-14-16-19(17-15-18)26(30)31-4-2)24(22)25(29)28(23)20-10-6-5-7-11-20;6-4-3-5(9-1-7-3)10-2-8-4/h5-8,10-17H,3-4,9H2,1-2H3;1-2H,(H3,6,7,8,9,10). The number of hydrogen-bond donors (Lipinski definition) is 2. The van der Waals surface area contributed by atoms with Crippen molar-refractivity contribution in [2.24, 2.45) is 0 Å². The first-order valence-corrected chi connectivity index (χ1v) is 13.3. The van der Waals surface area contributed by atoms with Gasteiger partial charge in [0.2, 0.25) is 0 Å². The quantitative estimate of drug-likeness (QED) is 0.274. The van der Waals surface area contributed by atoms with Gasteiger partial charge < -0.3 is 15.5 Å². The SMILES string of the molecule is CCCc1nc2cccc(-c3ccc(C(=O)OCC)cc3)c2c(=O)n1-c1ccccc1.Nc1ncnc2nc[nH]c12. The van der Waals surface area contributed by atoms with E-state index in [1.165, 1.54) is 12.7 Å². The maximum Gasteiger partial charge on any atom is 0.338 e. The van der Waals surface area contributed by atoms with Gasteiger partial charge in [-0.05, 0) is 54.8 Å². The number of nitrogen functional groups attached to an aromatic ring is 1. The monoisotopic (exact) mass is 547 g/mol. The zero-order valence-corrected chi connectivity index (χ0v) is 22.7. The van der Waals surface area contributed by atoms with E-state index in [0.717, 1.165) is 29.1 Å². The van der Waals surface area contributed by atoms with E-state index in [2.05, 4.69) is 26.9 Å². The third-order valence-electron chi connectivity index (χ3n) is 6.41. The number of rotatable bonds is 6.